The summed E-state index contributed by atoms with van der Waals surface area (Å²) >= 11 is 0. The number of ether oxygens (including phenoxy) is 7. The molecule has 0 aromatic heterocycles. The zero-order valence-electron chi connectivity index (χ0n) is 24.3. The van der Waals surface area contributed by atoms with Crippen LogP contribution in [0.5, 0.6) is 5.75 Å². The first kappa shape index (κ1) is 31.9. The predicted octanol–water partition coefficient (Wildman–Crippen LogP) is 2.87. The molecule has 1 aliphatic carbocycles. The van der Waals surface area contributed by atoms with Gasteiger partial charge in [0.1, 0.15) is 24.6 Å². The number of hydrogen-bond acceptors (Lipinski definition) is 12. The van der Waals surface area contributed by atoms with Gasteiger partial charge in [-0.05, 0) is 30.5 Å². The van der Waals surface area contributed by atoms with Crippen molar-refractivity contribution in [3.05, 3.63) is 29.3 Å². The van der Waals surface area contributed by atoms with Gasteiger partial charge in [-0.3, -0.25) is 24.0 Å². The summed E-state index contributed by atoms with van der Waals surface area (Å²) in [6, 6.07) is 5.20. The van der Waals surface area contributed by atoms with Crippen LogP contribution in [0.15, 0.2) is 18.2 Å². The van der Waals surface area contributed by atoms with E-state index in [1.165, 1.54) is 28.1 Å². The van der Waals surface area contributed by atoms with Crippen molar-refractivity contribution >= 4 is 29.8 Å². The average molecular weight is 579 g/mol. The lowest BCUT2D eigenvalue weighted by molar-refractivity contribution is -0.254. The van der Waals surface area contributed by atoms with Gasteiger partial charge >= 0.3 is 29.8 Å². The number of methoxy groups -OCH3 is 2. The van der Waals surface area contributed by atoms with E-state index < -0.39 is 59.8 Å². The Bertz CT molecular complexity index is 1140. The number of carbonyl (C=O) groups excluding carboxylic acids is 5. The van der Waals surface area contributed by atoms with E-state index >= 15 is 0 Å². The molecule has 5 atom stereocenters. The summed E-state index contributed by atoms with van der Waals surface area (Å²) in [5, 5.41) is 0. The minimum absolute atomic E-state index is 0.338. The highest BCUT2D eigenvalue weighted by atomic mass is 16.7. The molecule has 2 aliphatic rings. The average Bonchev–Trinajstić information content (AvgIpc) is 2.93. The molecular weight excluding hydrogens is 540 g/mol. The zero-order chi connectivity index (χ0) is 30.3. The van der Waals surface area contributed by atoms with Crippen LogP contribution in [0.1, 0.15) is 77.0 Å². The third-order valence-corrected chi connectivity index (χ3v) is 7.36. The molecule has 41 heavy (non-hydrogen) atoms. The van der Waals surface area contributed by atoms with Crippen molar-refractivity contribution in [3.8, 4) is 5.75 Å². The van der Waals surface area contributed by atoms with Gasteiger partial charge in [0.25, 0.3) is 0 Å². The number of rotatable bonds is 9. The Kier molecular flexibility index (Phi) is 10.7. The lowest BCUT2D eigenvalue weighted by atomic mass is 9.69. The fourth-order valence-electron chi connectivity index (χ4n) is 5.69. The van der Waals surface area contributed by atoms with Crippen molar-refractivity contribution in [3.63, 3.8) is 0 Å². The maximum atomic E-state index is 13.2. The monoisotopic (exact) mass is 578 g/mol. The van der Waals surface area contributed by atoms with Crippen molar-refractivity contribution in [2.75, 3.05) is 20.8 Å². The second-order valence-electron chi connectivity index (χ2n) is 10.2. The number of carbonyl (C=O) groups is 5. The van der Waals surface area contributed by atoms with E-state index in [2.05, 4.69) is 0 Å². The van der Waals surface area contributed by atoms with E-state index in [1.54, 1.807) is 18.2 Å². The summed E-state index contributed by atoms with van der Waals surface area (Å²) in [6.07, 6.45) is -2.41. The van der Waals surface area contributed by atoms with Gasteiger partial charge in [0.2, 0.25) is 0 Å². The Hall–Kier alpha value is -3.67. The highest BCUT2D eigenvalue weighted by Crippen LogP contribution is 2.45. The van der Waals surface area contributed by atoms with Crippen LogP contribution in [0.25, 0.3) is 0 Å². The summed E-state index contributed by atoms with van der Waals surface area (Å²) in [6.45, 7) is 4.34. The second kappa shape index (κ2) is 13.8. The van der Waals surface area contributed by atoms with E-state index in [9.17, 15) is 24.0 Å². The van der Waals surface area contributed by atoms with Crippen molar-refractivity contribution in [1.82, 2.24) is 0 Å². The molecule has 1 aromatic rings. The van der Waals surface area contributed by atoms with E-state index in [4.69, 9.17) is 33.2 Å². The lowest BCUT2D eigenvalue weighted by Crippen LogP contribution is -2.59. The Balaban J connectivity index is 2.22. The molecule has 12 nitrogen and oxygen atoms in total. The molecule has 2 fully saturated rings. The largest absolute Gasteiger partial charge is 0.496 e. The Morgan fingerprint density at radius 3 is 1.93 bits per heavy atom. The number of esters is 5. The molecule has 1 saturated carbocycles. The van der Waals surface area contributed by atoms with E-state index in [0.29, 0.717) is 29.7 Å². The number of benzene rings is 1. The van der Waals surface area contributed by atoms with Gasteiger partial charge in [-0.1, -0.05) is 25.3 Å². The van der Waals surface area contributed by atoms with Crippen LogP contribution in [0.2, 0.25) is 0 Å². The Labute approximate surface area is 238 Å². The lowest BCUT2D eigenvalue weighted by Gasteiger charge is -2.45. The third kappa shape index (κ3) is 7.35. The summed E-state index contributed by atoms with van der Waals surface area (Å²) in [5.74, 6) is -2.81. The molecule has 1 heterocycles. The van der Waals surface area contributed by atoms with Gasteiger partial charge in [0.15, 0.2) is 18.3 Å². The van der Waals surface area contributed by atoms with Crippen LogP contribution in [0, 0.1) is 0 Å². The van der Waals surface area contributed by atoms with Gasteiger partial charge in [0.05, 0.1) is 19.6 Å². The van der Waals surface area contributed by atoms with Crippen LogP contribution in [0.4, 0.5) is 0 Å². The molecule has 226 valence electrons. The molecule has 0 radical (unpaired) electrons. The molecule has 0 amide bonds. The highest BCUT2D eigenvalue weighted by Gasteiger charge is 2.53. The first-order valence-corrected chi connectivity index (χ1v) is 13.5. The minimum atomic E-state index is -1.34. The fourth-order valence-corrected chi connectivity index (χ4v) is 5.69. The molecule has 0 unspecified atom stereocenters. The van der Waals surface area contributed by atoms with Crippen LogP contribution in [-0.2, 0) is 57.8 Å². The highest BCUT2D eigenvalue weighted by molar-refractivity contribution is 5.83. The van der Waals surface area contributed by atoms with Gasteiger partial charge in [-0.25, -0.2) is 0 Å². The third-order valence-electron chi connectivity index (χ3n) is 7.36. The second-order valence-corrected chi connectivity index (χ2v) is 10.2. The van der Waals surface area contributed by atoms with Crippen LogP contribution in [-0.4, -0.2) is 75.1 Å². The van der Waals surface area contributed by atoms with Crippen LogP contribution < -0.4 is 4.74 Å². The molecule has 12 heteroatoms. The summed E-state index contributed by atoms with van der Waals surface area (Å²) in [5.41, 5.74) is 0.135. The van der Waals surface area contributed by atoms with E-state index in [0.717, 1.165) is 33.1 Å². The summed E-state index contributed by atoms with van der Waals surface area (Å²) < 4.78 is 39.1. The topological polar surface area (TPSA) is 150 Å². The normalized spacial score (nSPS) is 25.3. The smallest absolute Gasteiger partial charge is 0.316 e. The molecule has 3 rings (SSSR count). The van der Waals surface area contributed by atoms with Crippen molar-refractivity contribution in [1.29, 1.82) is 0 Å². The Morgan fingerprint density at radius 1 is 0.805 bits per heavy atom. The predicted molar refractivity (Wildman–Crippen MR) is 141 cm³/mol. The maximum Gasteiger partial charge on any atom is 0.316 e. The van der Waals surface area contributed by atoms with Crippen LogP contribution >= 0.6 is 0 Å². The van der Waals surface area contributed by atoms with Crippen molar-refractivity contribution in [2.45, 2.75) is 95.7 Å². The standard InChI is InChI=1S/C29H38O12/c1-16(30)37-15-23-25(38-17(2)31)27(40-19(4)33)26(39-18(3)32)24(41-23)21-14-20(10-11-22(21)35-5)29(28(34)36-6)12-8-7-9-13-29/h10-11,14,23-27H,7-9,12-13,15H2,1-6H3/t23-,24+,25-,26+,27+/m1/s1. The minimum Gasteiger partial charge on any atom is -0.496 e. The molecule has 1 aliphatic heterocycles. The Morgan fingerprint density at radius 2 is 1.39 bits per heavy atom. The fraction of sp³-hybridized carbons (Fsp3) is 0.621. The molecule has 0 bridgehead atoms. The van der Waals surface area contributed by atoms with E-state index in [-0.39, 0.29) is 12.6 Å². The van der Waals surface area contributed by atoms with E-state index in [1.807, 2.05) is 0 Å². The van der Waals surface area contributed by atoms with Crippen LogP contribution in [0.3, 0.4) is 0 Å². The molecule has 0 spiro atoms. The van der Waals surface area contributed by atoms with Gasteiger partial charge in [0, 0.05) is 33.3 Å². The zero-order valence-corrected chi connectivity index (χ0v) is 24.3. The maximum absolute atomic E-state index is 13.2. The molecule has 1 saturated heterocycles. The van der Waals surface area contributed by atoms with Gasteiger partial charge in [-0.15, -0.1) is 0 Å². The molecule has 1 aromatic carbocycles. The molecular formula is C29H38O12. The molecule has 0 N–H and O–H groups in total. The van der Waals surface area contributed by atoms with Crippen molar-refractivity contribution in [2.24, 2.45) is 0 Å². The quantitative estimate of drug-likeness (QED) is 0.313. The SMILES string of the molecule is COC(=O)C1(c2ccc(OC)c([C@@H]3O[C@H](COC(C)=O)[C@@H](OC(C)=O)[C@H](OC(C)=O)[C@H]3OC(C)=O)c2)CCCCC1. The summed E-state index contributed by atoms with van der Waals surface area (Å²) in [4.78, 5) is 61.4. The summed E-state index contributed by atoms with van der Waals surface area (Å²) in [7, 11) is 2.79. The number of hydrogen-bond donors (Lipinski definition) is 0. The van der Waals surface area contributed by atoms with Gasteiger partial charge in [-0.2, -0.15) is 0 Å². The van der Waals surface area contributed by atoms with Gasteiger partial charge < -0.3 is 33.2 Å². The first-order valence-electron chi connectivity index (χ1n) is 13.5. The first-order chi connectivity index (χ1) is 19.4. The van der Waals surface area contributed by atoms with Crippen molar-refractivity contribution < 1.29 is 57.1 Å².